The molecule has 0 saturated carbocycles. The molecule has 0 aromatic heterocycles. The van der Waals surface area contributed by atoms with Gasteiger partial charge in [0.05, 0.1) is 18.8 Å². The second kappa shape index (κ2) is 7.62. The number of Topliss-reactive ketones (excluding diaryl/α,β-unsaturated/α-hetero) is 1. The van der Waals surface area contributed by atoms with Gasteiger partial charge in [-0.2, -0.15) is 0 Å². The fourth-order valence-corrected chi connectivity index (χ4v) is 3.44. The maximum atomic E-state index is 12.9. The van der Waals surface area contributed by atoms with Crippen molar-refractivity contribution in [3.05, 3.63) is 29.8 Å². The fraction of sp³-hybridized carbons (Fsp3) is 0.611. The first kappa shape index (κ1) is 17.5. The highest BCUT2D eigenvalue weighted by atomic mass is 32.2. The number of carbonyl (C=O) groups is 1. The Morgan fingerprint density at radius 2 is 1.82 bits per heavy atom. The predicted molar refractivity (Wildman–Crippen MR) is 92.8 cm³/mol. The molecule has 1 aromatic carbocycles. The van der Waals surface area contributed by atoms with Crippen LogP contribution < -0.4 is 0 Å². The monoisotopic (exact) mass is 321 g/mol. The van der Waals surface area contributed by atoms with Gasteiger partial charge in [0, 0.05) is 29.3 Å². The number of benzene rings is 1. The summed E-state index contributed by atoms with van der Waals surface area (Å²) in [5.74, 6) is 1.97. The Kier molecular flexibility index (Phi) is 6.07. The van der Waals surface area contributed by atoms with E-state index in [1.807, 2.05) is 37.7 Å². The van der Waals surface area contributed by atoms with E-state index in [-0.39, 0.29) is 5.78 Å². The van der Waals surface area contributed by atoms with Gasteiger partial charge in [0.15, 0.2) is 5.78 Å². The highest BCUT2D eigenvalue weighted by Gasteiger charge is 2.35. The Morgan fingerprint density at radius 3 is 2.36 bits per heavy atom. The van der Waals surface area contributed by atoms with Crippen LogP contribution >= 0.6 is 11.8 Å². The number of rotatable bonds is 6. The van der Waals surface area contributed by atoms with Crippen LogP contribution in [0.5, 0.6) is 0 Å². The van der Waals surface area contributed by atoms with Crippen LogP contribution in [0.15, 0.2) is 29.2 Å². The topological polar surface area (TPSA) is 29.5 Å². The highest BCUT2D eigenvalue weighted by molar-refractivity contribution is 7.99. The Labute approximate surface area is 138 Å². The van der Waals surface area contributed by atoms with Gasteiger partial charge >= 0.3 is 0 Å². The van der Waals surface area contributed by atoms with Crippen molar-refractivity contribution in [2.75, 3.05) is 32.1 Å². The summed E-state index contributed by atoms with van der Waals surface area (Å²) >= 11 is 1.85. The van der Waals surface area contributed by atoms with Gasteiger partial charge in [-0.3, -0.25) is 9.69 Å². The lowest BCUT2D eigenvalue weighted by Gasteiger charge is -2.39. The van der Waals surface area contributed by atoms with E-state index in [2.05, 4.69) is 30.9 Å². The van der Waals surface area contributed by atoms with Gasteiger partial charge in [0.25, 0.3) is 0 Å². The Balaban J connectivity index is 2.04. The van der Waals surface area contributed by atoms with Crippen molar-refractivity contribution in [1.82, 2.24) is 4.90 Å². The molecule has 1 aliphatic heterocycles. The maximum Gasteiger partial charge on any atom is 0.182 e. The SMILES string of the molecule is CC(C)CSc1ccc(C(=O)C(C)(C)N2CCOCC2)cc1. The van der Waals surface area contributed by atoms with Crippen LogP contribution in [0.4, 0.5) is 0 Å². The summed E-state index contributed by atoms with van der Waals surface area (Å²) in [7, 11) is 0. The standard InChI is InChI=1S/C18H27NO2S/c1-14(2)13-22-16-7-5-15(6-8-16)17(20)18(3,4)19-9-11-21-12-10-19/h5-8,14H,9-13H2,1-4H3. The average Bonchev–Trinajstić information content (AvgIpc) is 2.53. The molecule has 0 atom stereocenters. The molecule has 0 spiro atoms. The van der Waals surface area contributed by atoms with Crippen molar-refractivity contribution < 1.29 is 9.53 Å². The molecule has 0 bridgehead atoms. The summed E-state index contributed by atoms with van der Waals surface area (Å²) in [6.45, 7) is 11.5. The van der Waals surface area contributed by atoms with Crippen molar-refractivity contribution >= 4 is 17.5 Å². The number of ether oxygens (including phenoxy) is 1. The van der Waals surface area contributed by atoms with E-state index in [4.69, 9.17) is 4.74 Å². The number of morpholine rings is 1. The molecule has 1 aromatic rings. The molecule has 0 aliphatic carbocycles. The normalized spacial score (nSPS) is 17.0. The average molecular weight is 321 g/mol. The molecule has 0 amide bonds. The van der Waals surface area contributed by atoms with Crippen molar-refractivity contribution in [1.29, 1.82) is 0 Å². The minimum absolute atomic E-state index is 0.190. The number of hydrogen-bond acceptors (Lipinski definition) is 4. The first-order valence-electron chi connectivity index (χ1n) is 8.01. The molecule has 4 heteroatoms. The lowest BCUT2D eigenvalue weighted by atomic mass is 9.91. The number of thioether (sulfide) groups is 1. The van der Waals surface area contributed by atoms with Gasteiger partial charge in [-0.05, 0) is 31.9 Å². The first-order valence-corrected chi connectivity index (χ1v) is 9.00. The molecule has 22 heavy (non-hydrogen) atoms. The molecule has 1 saturated heterocycles. The number of carbonyl (C=O) groups excluding carboxylic acids is 1. The molecule has 3 nitrogen and oxygen atoms in total. The third-order valence-corrected chi connectivity index (χ3v) is 5.50. The summed E-state index contributed by atoms with van der Waals surface area (Å²) in [6, 6.07) is 8.06. The Hall–Kier alpha value is -0.840. The molecule has 0 unspecified atom stereocenters. The first-order chi connectivity index (χ1) is 10.4. The molecule has 1 aliphatic rings. The third kappa shape index (κ3) is 4.34. The molecular weight excluding hydrogens is 294 g/mol. The van der Waals surface area contributed by atoms with E-state index in [9.17, 15) is 4.79 Å². The van der Waals surface area contributed by atoms with Crippen molar-refractivity contribution in [2.24, 2.45) is 5.92 Å². The van der Waals surface area contributed by atoms with Gasteiger partial charge in [0.2, 0.25) is 0 Å². The molecular formula is C18H27NO2S. The number of ketones is 1. The van der Waals surface area contributed by atoms with Crippen LogP contribution in [0.1, 0.15) is 38.1 Å². The van der Waals surface area contributed by atoms with Crippen molar-refractivity contribution in [3.8, 4) is 0 Å². The van der Waals surface area contributed by atoms with E-state index < -0.39 is 5.54 Å². The second-order valence-electron chi connectivity index (χ2n) is 6.72. The van der Waals surface area contributed by atoms with E-state index in [0.29, 0.717) is 19.1 Å². The molecule has 1 heterocycles. The summed E-state index contributed by atoms with van der Waals surface area (Å²) in [6.07, 6.45) is 0. The Morgan fingerprint density at radius 1 is 1.23 bits per heavy atom. The molecule has 2 rings (SSSR count). The summed E-state index contributed by atoms with van der Waals surface area (Å²) in [4.78, 5) is 16.3. The van der Waals surface area contributed by atoms with E-state index in [1.165, 1.54) is 4.90 Å². The van der Waals surface area contributed by atoms with Crippen LogP contribution in [0.2, 0.25) is 0 Å². The zero-order valence-corrected chi connectivity index (χ0v) is 14.9. The van der Waals surface area contributed by atoms with Crippen LogP contribution in [0.3, 0.4) is 0 Å². The summed E-state index contributed by atoms with van der Waals surface area (Å²) in [5.41, 5.74) is 0.321. The zero-order chi connectivity index (χ0) is 16.2. The fourth-order valence-electron chi connectivity index (χ4n) is 2.58. The van der Waals surface area contributed by atoms with Gasteiger partial charge in [-0.1, -0.05) is 26.0 Å². The van der Waals surface area contributed by atoms with Gasteiger partial charge < -0.3 is 4.74 Å². The molecule has 1 fully saturated rings. The lowest BCUT2D eigenvalue weighted by Crippen LogP contribution is -2.54. The van der Waals surface area contributed by atoms with Crippen LogP contribution in [-0.4, -0.2) is 48.3 Å². The Bertz CT molecular complexity index is 490. The molecule has 122 valence electrons. The van der Waals surface area contributed by atoms with Crippen LogP contribution in [-0.2, 0) is 4.74 Å². The van der Waals surface area contributed by atoms with Gasteiger partial charge in [-0.25, -0.2) is 0 Å². The van der Waals surface area contributed by atoms with E-state index in [1.54, 1.807) is 0 Å². The summed E-state index contributed by atoms with van der Waals surface area (Å²) in [5, 5.41) is 0. The highest BCUT2D eigenvalue weighted by Crippen LogP contribution is 2.25. The third-order valence-electron chi connectivity index (χ3n) is 4.06. The maximum absolute atomic E-state index is 12.9. The number of nitrogens with zero attached hydrogens (tertiary/aromatic N) is 1. The zero-order valence-electron chi connectivity index (χ0n) is 14.1. The van der Waals surface area contributed by atoms with Crippen LogP contribution in [0, 0.1) is 5.92 Å². The van der Waals surface area contributed by atoms with Gasteiger partial charge in [-0.15, -0.1) is 11.8 Å². The second-order valence-corrected chi connectivity index (χ2v) is 7.81. The summed E-state index contributed by atoms with van der Waals surface area (Å²) < 4.78 is 5.39. The van der Waals surface area contributed by atoms with Crippen molar-refractivity contribution in [3.63, 3.8) is 0 Å². The quantitative estimate of drug-likeness (QED) is 0.590. The van der Waals surface area contributed by atoms with Crippen LogP contribution in [0.25, 0.3) is 0 Å². The number of hydrogen-bond donors (Lipinski definition) is 0. The van der Waals surface area contributed by atoms with Crippen molar-refractivity contribution in [2.45, 2.75) is 38.1 Å². The minimum Gasteiger partial charge on any atom is -0.379 e. The largest absolute Gasteiger partial charge is 0.379 e. The van der Waals surface area contributed by atoms with E-state index in [0.717, 1.165) is 24.4 Å². The lowest BCUT2D eigenvalue weighted by molar-refractivity contribution is -0.00430. The minimum atomic E-state index is -0.476. The molecule has 0 radical (unpaired) electrons. The van der Waals surface area contributed by atoms with E-state index >= 15 is 0 Å². The van der Waals surface area contributed by atoms with Gasteiger partial charge in [0.1, 0.15) is 0 Å². The smallest absolute Gasteiger partial charge is 0.182 e. The predicted octanol–water partition coefficient (Wildman–Crippen LogP) is 3.73. The molecule has 0 N–H and O–H groups in total.